The molecular weight excluding hydrogens is 384 g/mol. The van der Waals surface area contributed by atoms with E-state index in [0.29, 0.717) is 11.1 Å². The van der Waals surface area contributed by atoms with E-state index < -0.39 is 22.1 Å². The first kappa shape index (κ1) is 19.4. The van der Waals surface area contributed by atoms with Gasteiger partial charge in [0.2, 0.25) is 0 Å². The van der Waals surface area contributed by atoms with Crippen molar-refractivity contribution in [1.82, 2.24) is 15.8 Å². The van der Waals surface area contributed by atoms with Gasteiger partial charge in [0, 0.05) is 17.7 Å². The largest absolute Gasteiger partial charge is 0.343 e. The van der Waals surface area contributed by atoms with Gasteiger partial charge in [-0.15, -0.1) is 11.8 Å². The molecule has 0 bridgehead atoms. The number of nitrogens with zero attached hydrogens (tertiary/aromatic N) is 2. The number of thioether (sulfide) groups is 1. The molecule has 3 amide bonds. The third-order valence-corrected chi connectivity index (χ3v) is 5.14. The van der Waals surface area contributed by atoms with Gasteiger partial charge in [-0.3, -0.25) is 29.9 Å². The molecule has 10 heteroatoms. The Morgan fingerprint density at radius 1 is 1.18 bits per heavy atom. The quantitative estimate of drug-likeness (QED) is 0.561. The SMILES string of the molecule is O=C(CNC(=O)c1ccccc1)NN1C(=O)CSC1c1cccc([N+](=O)[O-])c1. The zero-order valence-corrected chi connectivity index (χ0v) is 15.3. The number of carbonyl (C=O) groups is 3. The number of hydrazine groups is 1. The number of hydrogen-bond acceptors (Lipinski definition) is 6. The van der Waals surface area contributed by atoms with E-state index in [1.54, 1.807) is 36.4 Å². The Hall–Kier alpha value is -3.40. The van der Waals surface area contributed by atoms with E-state index in [1.165, 1.54) is 30.0 Å². The molecule has 1 saturated heterocycles. The molecule has 1 aliphatic heterocycles. The maximum absolute atomic E-state index is 12.2. The second-order valence-corrected chi connectivity index (χ2v) is 6.93. The molecule has 1 unspecified atom stereocenters. The Morgan fingerprint density at radius 2 is 1.93 bits per heavy atom. The zero-order chi connectivity index (χ0) is 20.1. The second-order valence-electron chi connectivity index (χ2n) is 5.86. The van der Waals surface area contributed by atoms with Crippen LogP contribution in [0.25, 0.3) is 0 Å². The minimum absolute atomic E-state index is 0.0983. The lowest BCUT2D eigenvalue weighted by atomic mass is 10.2. The average Bonchev–Trinajstić information content (AvgIpc) is 3.07. The van der Waals surface area contributed by atoms with Gasteiger partial charge in [-0.25, -0.2) is 5.01 Å². The number of nitrogens with one attached hydrogen (secondary N) is 2. The van der Waals surface area contributed by atoms with Crippen LogP contribution in [-0.2, 0) is 9.59 Å². The summed E-state index contributed by atoms with van der Waals surface area (Å²) in [5.74, 6) is -1.18. The summed E-state index contributed by atoms with van der Waals surface area (Å²) in [4.78, 5) is 46.8. The Morgan fingerprint density at radius 3 is 2.64 bits per heavy atom. The monoisotopic (exact) mass is 400 g/mol. The van der Waals surface area contributed by atoms with Gasteiger partial charge in [0.15, 0.2) is 0 Å². The smallest absolute Gasteiger partial charge is 0.269 e. The maximum Gasteiger partial charge on any atom is 0.269 e. The van der Waals surface area contributed by atoms with Crippen LogP contribution in [-0.4, -0.2) is 40.0 Å². The van der Waals surface area contributed by atoms with Crippen LogP contribution in [0.15, 0.2) is 54.6 Å². The highest BCUT2D eigenvalue weighted by molar-refractivity contribution is 8.00. The van der Waals surface area contributed by atoms with E-state index in [0.717, 1.165) is 5.01 Å². The standard InChI is InChI=1S/C18H16N4O5S/c23-15(10-19-17(25)12-5-2-1-3-6-12)20-21-16(24)11-28-18(21)13-7-4-8-14(9-13)22(26)27/h1-9,18H,10-11H2,(H,19,25)(H,20,23). The molecular formula is C18H16N4O5S. The molecule has 0 aromatic heterocycles. The van der Waals surface area contributed by atoms with Gasteiger partial charge >= 0.3 is 0 Å². The fourth-order valence-electron chi connectivity index (χ4n) is 2.61. The molecule has 0 aliphatic carbocycles. The predicted octanol–water partition coefficient (Wildman–Crippen LogP) is 1.63. The second kappa shape index (κ2) is 8.53. The van der Waals surface area contributed by atoms with E-state index in [9.17, 15) is 24.5 Å². The number of nitro benzene ring substituents is 1. The van der Waals surface area contributed by atoms with Crippen LogP contribution in [0.2, 0.25) is 0 Å². The number of carbonyl (C=O) groups excluding carboxylic acids is 3. The van der Waals surface area contributed by atoms with E-state index in [4.69, 9.17) is 0 Å². The summed E-state index contributed by atoms with van der Waals surface area (Å²) in [5.41, 5.74) is 3.31. The molecule has 1 atom stereocenters. The van der Waals surface area contributed by atoms with Crippen LogP contribution in [0.3, 0.4) is 0 Å². The molecule has 1 heterocycles. The molecule has 2 aromatic rings. The normalized spacial score (nSPS) is 15.9. The van der Waals surface area contributed by atoms with Gasteiger partial charge < -0.3 is 5.32 Å². The highest BCUT2D eigenvalue weighted by Gasteiger charge is 2.35. The minimum atomic E-state index is -0.582. The van der Waals surface area contributed by atoms with Gasteiger partial charge in [-0.1, -0.05) is 30.3 Å². The topological polar surface area (TPSA) is 122 Å². The van der Waals surface area contributed by atoms with Gasteiger partial charge in [0.05, 0.1) is 17.2 Å². The molecule has 144 valence electrons. The molecule has 9 nitrogen and oxygen atoms in total. The lowest BCUT2D eigenvalue weighted by molar-refractivity contribution is -0.384. The first-order chi connectivity index (χ1) is 13.5. The van der Waals surface area contributed by atoms with E-state index in [2.05, 4.69) is 10.7 Å². The summed E-state index contributed by atoms with van der Waals surface area (Å²) in [6, 6.07) is 14.3. The summed E-state index contributed by atoms with van der Waals surface area (Å²) in [7, 11) is 0. The number of nitro groups is 1. The summed E-state index contributed by atoms with van der Waals surface area (Å²) in [6.45, 7) is -0.316. The van der Waals surface area contributed by atoms with Crippen LogP contribution in [0.4, 0.5) is 5.69 Å². The van der Waals surface area contributed by atoms with Gasteiger partial charge in [0.1, 0.15) is 5.37 Å². The molecule has 0 saturated carbocycles. The fraction of sp³-hybridized carbons (Fsp3) is 0.167. The van der Waals surface area contributed by atoms with Crippen LogP contribution in [0.5, 0.6) is 0 Å². The highest BCUT2D eigenvalue weighted by Crippen LogP contribution is 2.38. The van der Waals surface area contributed by atoms with Crippen molar-refractivity contribution in [3.8, 4) is 0 Å². The third-order valence-electron chi connectivity index (χ3n) is 3.92. The number of amides is 3. The summed E-state index contributed by atoms with van der Waals surface area (Å²) < 4.78 is 0. The third kappa shape index (κ3) is 4.46. The molecule has 0 spiro atoms. The number of hydrogen-bond donors (Lipinski definition) is 2. The Kier molecular flexibility index (Phi) is 5.90. The van der Waals surface area contributed by atoms with Crippen molar-refractivity contribution in [2.24, 2.45) is 0 Å². The summed E-state index contributed by atoms with van der Waals surface area (Å²) in [6.07, 6.45) is 0. The van der Waals surface area contributed by atoms with Gasteiger partial charge in [-0.05, 0) is 17.7 Å². The fourth-order valence-corrected chi connectivity index (χ4v) is 3.71. The molecule has 1 fully saturated rings. The molecule has 0 radical (unpaired) electrons. The van der Waals surface area contributed by atoms with Crippen LogP contribution in [0, 0.1) is 10.1 Å². The minimum Gasteiger partial charge on any atom is -0.343 e. The lowest BCUT2D eigenvalue weighted by Crippen LogP contribution is -2.48. The Labute approximate surface area is 164 Å². The first-order valence-corrected chi connectivity index (χ1v) is 9.31. The van der Waals surface area contributed by atoms with Crippen molar-refractivity contribution in [2.45, 2.75) is 5.37 Å². The molecule has 28 heavy (non-hydrogen) atoms. The van der Waals surface area contributed by atoms with Crippen molar-refractivity contribution >= 4 is 35.2 Å². The highest BCUT2D eigenvalue weighted by atomic mass is 32.2. The van der Waals surface area contributed by atoms with Crippen molar-refractivity contribution < 1.29 is 19.3 Å². The average molecular weight is 400 g/mol. The molecule has 1 aliphatic rings. The van der Waals surface area contributed by atoms with Crippen LogP contribution in [0.1, 0.15) is 21.3 Å². The van der Waals surface area contributed by atoms with Crippen molar-refractivity contribution in [3.63, 3.8) is 0 Å². The summed E-state index contributed by atoms with van der Waals surface area (Å²) >= 11 is 1.25. The van der Waals surface area contributed by atoms with Crippen molar-refractivity contribution in [2.75, 3.05) is 12.3 Å². The Bertz CT molecular complexity index is 921. The van der Waals surface area contributed by atoms with Crippen molar-refractivity contribution in [1.29, 1.82) is 0 Å². The predicted molar refractivity (Wildman–Crippen MR) is 102 cm³/mol. The maximum atomic E-state index is 12.2. The number of rotatable bonds is 6. The van der Waals surface area contributed by atoms with Gasteiger partial charge in [0.25, 0.3) is 23.4 Å². The molecule has 2 aromatic carbocycles. The summed E-state index contributed by atoms with van der Waals surface area (Å²) in [5, 5.41) is 14.0. The van der Waals surface area contributed by atoms with E-state index in [1.807, 2.05) is 0 Å². The lowest BCUT2D eigenvalue weighted by Gasteiger charge is -2.24. The number of benzene rings is 2. The molecule has 3 rings (SSSR count). The number of non-ortho nitro benzene ring substituents is 1. The Balaban J connectivity index is 1.63. The molecule has 2 N–H and O–H groups in total. The van der Waals surface area contributed by atoms with Gasteiger partial charge in [-0.2, -0.15) is 0 Å². The van der Waals surface area contributed by atoms with Crippen LogP contribution >= 0.6 is 11.8 Å². The zero-order valence-electron chi connectivity index (χ0n) is 14.5. The van der Waals surface area contributed by atoms with Crippen molar-refractivity contribution in [3.05, 3.63) is 75.8 Å². The first-order valence-electron chi connectivity index (χ1n) is 8.26. The van der Waals surface area contributed by atoms with Crippen LogP contribution < -0.4 is 10.7 Å². The van der Waals surface area contributed by atoms with E-state index >= 15 is 0 Å². The van der Waals surface area contributed by atoms with E-state index in [-0.39, 0.29) is 23.9 Å².